The van der Waals surface area contributed by atoms with Crippen LogP contribution in [0.4, 0.5) is 26.3 Å². The van der Waals surface area contributed by atoms with Crippen LogP contribution in [0.3, 0.4) is 0 Å². The van der Waals surface area contributed by atoms with Gasteiger partial charge in [0.05, 0.1) is 19.1 Å². The first-order chi connectivity index (χ1) is 23.1. The second-order valence-electron chi connectivity index (χ2n) is 12.6. The van der Waals surface area contributed by atoms with Crippen LogP contribution in [0.2, 0.25) is 0 Å². The Morgan fingerprint density at radius 3 is 1.86 bits per heavy atom. The minimum Gasteiger partial charge on any atom is -0.493 e. The van der Waals surface area contributed by atoms with Crippen LogP contribution in [0.25, 0.3) is 52.9 Å². The van der Waals surface area contributed by atoms with Gasteiger partial charge in [-0.05, 0) is 46.0 Å². The molecule has 0 saturated heterocycles. The summed E-state index contributed by atoms with van der Waals surface area (Å²) in [7, 11) is 2.68. The standard InChI is InChI=1S/C37H28F6O3S3/c1-34(2,3)20-12-10-19(11-13-20)32-29(21-16-24(44-4)25(45-5)18-23(21)46-32)31-30(35(38,39)37(42,43)36(31,40)41)22-17-28(26-8-6-14-47-26)49-33(22)27-9-7-15-48-27/h6-18H,1-5H3. The van der Waals surface area contributed by atoms with Crippen molar-refractivity contribution in [3.05, 3.63) is 94.2 Å². The Hall–Kier alpha value is -4.00. The van der Waals surface area contributed by atoms with E-state index in [1.807, 2.05) is 20.8 Å². The molecule has 49 heavy (non-hydrogen) atoms. The number of hydrogen-bond donors (Lipinski definition) is 0. The molecule has 0 bridgehead atoms. The molecule has 254 valence electrons. The third-order valence-corrected chi connectivity index (χ3v) is 11.9. The highest BCUT2D eigenvalue weighted by Gasteiger charge is 2.80. The van der Waals surface area contributed by atoms with Crippen LogP contribution in [0.15, 0.2) is 81.9 Å². The summed E-state index contributed by atoms with van der Waals surface area (Å²) >= 11 is 3.60. The van der Waals surface area contributed by atoms with E-state index in [4.69, 9.17) is 13.9 Å². The van der Waals surface area contributed by atoms with Crippen molar-refractivity contribution in [2.24, 2.45) is 0 Å². The van der Waals surface area contributed by atoms with Crippen LogP contribution in [-0.2, 0) is 5.41 Å². The molecule has 1 aliphatic carbocycles. The number of benzene rings is 2. The largest absolute Gasteiger partial charge is 0.493 e. The molecule has 0 atom stereocenters. The maximum absolute atomic E-state index is 16.5. The molecule has 0 unspecified atom stereocenters. The van der Waals surface area contributed by atoms with Crippen molar-refractivity contribution in [1.29, 1.82) is 0 Å². The van der Waals surface area contributed by atoms with Crippen molar-refractivity contribution in [2.75, 3.05) is 14.2 Å². The number of thiophene rings is 3. The summed E-state index contributed by atoms with van der Waals surface area (Å²) in [6.07, 6.45) is 0. The van der Waals surface area contributed by atoms with Crippen LogP contribution in [-0.4, -0.2) is 32.0 Å². The number of halogens is 6. The van der Waals surface area contributed by atoms with Crippen LogP contribution in [0.5, 0.6) is 11.5 Å². The number of fused-ring (bicyclic) bond motifs is 1. The molecule has 4 heterocycles. The highest BCUT2D eigenvalue weighted by molar-refractivity contribution is 7.26. The normalized spacial score (nSPS) is 16.9. The third kappa shape index (κ3) is 5.05. The summed E-state index contributed by atoms with van der Waals surface area (Å²) in [5.74, 6) is -16.4. The van der Waals surface area contributed by atoms with E-state index in [0.29, 0.717) is 14.6 Å². The predicted octanol–water partition coefficient (Wildman–Crippen LogP) is 12.8. The minimum atomic E-state index is -5.78. The average Bonchev–Trinajstić information content (AvgIpc) is 3.89. The maximum Gasteiger partial charge on any atom is 0.380 e. The Balaban J connectivity index is 1.63. The van der Waals surface area contributed by atoms with Crippen LogP contribution in [0.1, 0.15) is 37.5 Å². The van der Waals surface area contributed by atoms with Gasteiger partial charge in [-0.2, -0.15) is 26.3 Å². The van der Waals surface area contributed by atoms with Gasteiger partial charge in [0, 0.05) is 53.9 Å². The van der Waals surface area contributed by atoms with E-state index < -0.39 is 40.0 Å². The number of hydrogen-bond acceptors (Lipinski definition) is 6. The smallest absolute Gasteiger partial charge is 0.380 e. The number of alkyl halides is 6. The number of ether oxygens (including phenoxy) is 2. The van der Waals surface area contributed by atoms with Crippen molar-refractivity contribution < 1.29 is 40.2 Å². The lowest BCUT2D eigenvalue weighted by Crippen LogP contribution is -2.48. The third-order valence-electron chi connectivity index (χ3n) is 8.63. The van der Waals surface area contributed by atoms with Crippen LogP contribution >= 0.6 is 34.0 Å². The van der Waals surface area contributed by atoms with E-state index in [1.165, 1.54) is 55.1 Å². The van der Waals surface area contributed by atoms with Crippen LogP contribution < -0.4 is 9.47 Å². The lowest BCUT2D eigenvalue weighted by molar-refractivity contribution is -0.254. The molecule has 4 aromatic heterocycles. The molecule has 7 rings (SSSR count). The van der Waals surface area contributed by atoms with E-state index in [0.717, 1.165) is 16.9 Å². The zero-order chi connectivity index (χ0) is 35.1. The molecule has 0 N–H and O–H groups in total. The van der Waals surface area contributed by atoms with E-state index in [-0.39, 0.29) is 44.1 Å². The van der Waals surface area contributed by atoms with Crippen molar-refractivity contribution in [3.63, 3.8) is 0 Å². The van der Waals surface area contributed by atoms with Gasteiger partial charge in [-0.3, -0.25) is 0 Å². The van der Waals surface area contributed by atoms with Gasteiger partial charge in [-0.1, -0.05) is 57.2 Å². The summed E-state index contributed by atoms with van der Waals surface area (Å²) in [6, 6.07) is 17.6. The van der Waals surface area contributed by atoms with E-state index in [1.54, 1.807) is 59.3 Å². The molecule has 12 heteroatoms. The molecule has 0 amide bonds. The Bertz CT molecular complexity index is 2200. The zero-order valence-electron chi connectivity index (χ0n) is 26.7. The number of rotatable bonds is 7. The van der Waals surface area contributed by atoms with Crippen LogP contribution in [0, 0.1) is 0 Å². The average molecular weight is 731 g/mol. The van der Waals surface area contributed by atoms with Gasteiger partial charge in [0.15, 0.2) is 11.5 Å². The quantitative estimate of drug-likeness (QED) is 0.153. The molecule has 2 aromatic carbocycles. The van der Waals surface area contributed by atoms with Gasteiger partial charge in [-0.25, -0.2) is 0 Å². The summed E-state index contributed by atoms with van der Waals surface area (Å²) in [6.45, 7) is 5.97. The second-order valence-corrected chi connectivity index (χ2v) is 15.6. The van der Waals surface area contributed by atoms with Gasteiger partial charge in [-0.15, -0.1) is 34.0 Å². The minimum absolute atomic E-state index is 0.0354. The van der Waals surface area contributed by atoms with Gasteiger partial charge in [0.2, 0.25) is 0 Å². The summed E-state index contributed by atoms with van der Waals surface area (Å²) in [4.78, 5) is 1.82. The highest BCUT2D eigenvalue weighted by atomic mass is 32.1. The molecule has 6 aromatic rings. The van der Waals surface area contributed by atoms with Crippen molar-refractivity contribution in [3.8, 4) is 42.3 Å². The summed E-state index contributed by atoms with van der Waals surface area (Å²) < 4.78 is 114. The molecule has 3 nitrogen and oxygen atoms in total. The van der Waals surface area contributed by atoms with E-state index in [2.05, 4.69) is 0 Å². The fourth-order valence-electron chi connectivity index (χ4n) is 6.12. The lowest BCUT2D eigenvalue weighted by atomic mass is 9.86. The number of allylic oxidation sites excluding steroid dienone is 2. The monoisotopic (exact) mass is 730 g/mol. The topological polar surface area (TPSA) is 31.6 Å². The van der Waals surface area contributed by atoms with Gasteiger partial charge < -0.3 is 13.9 Å². The molecule has 0 aliphatic heterocycles. The first-order valence-corrected chi connectivity index (χ1v) is 17.6. The second kappa shape index (κ2) is 11.5. The lowest BCUT2D eigenvalue weighted by Gasteiger charge is -2.26. The van der Waals surface area contributed by atoms with Crippen molar-refractivity contribution in [1.82, 2.24) is 0 Å². The Labute approximate surface area is 290 Å². The summed E-state index contributed by atoms with van der Waals surface area (Å²) in [5, 5.41) is 3.38. The van der Waals surface area contributed by atoms with Gasteiger partial charge in [0.1, 0.15) is 11.3 Å². The van der Waals surface area contributed by atoms with Crippen molar-refractivity contribution >= 4 is 56.1 Å². The zero-order valence-corrected chi connectivity index (χ0v) is 29.2. The number of furan rings is 1. The Morgan fingerprint density at radius 2 is 1.29 bits per heavy atom. The Kier molecular flexibility index (Phi) is 7.88. The Morgan fingerprint density at radius 1 is 0.694 bits per heavy atom. The highest BCUT2D eigenvalue weighted by Crippen LogP contribution is 2.67. The van der Waals surface area contributed by atoms with E-state index in [9.17, 15) is 0 Å². The molecular weight excluding hydrogens is 703 g/mol. The molecule has 0 saturated carbocycles. The van der Waals surface area contributed by atoms with Gasteiger partial charge >= 0.3 is 17.8 Å². The first-order valence-electron chi connectivity index (χ1n) is 15.0. The molecule has 0 spiro atoms. The van der Waals surface area contributed by atoms with Crippen molar-refractivity contribution in [2.45, 2.75) is 44.0 Å². The fourth-order valence-corrected chi connectivity index (χ4v) is 8.97. The first kappa shape index (κ1) is 33.5. The maximum atomic E-state index is 16.5. The molecule has 0 fully saturated rings. The molecular formula is C37H28F6O3S3. The predicted molar refractivity (Wildman–Crippen MR) is 186 cm³/mol. The summed E-state index contributed by atoms with van der Waals surface area (Å²) in [5.41, 5.74) is -3.08. The molecule has 1 aliphatic rings. The van der Waals surface area contributed by atoms with Gasteiger partial charge in [0.25, 0.3) is 0 Å². The number of methoxy groups -OCH3 is 2. The fraction of sp³-hybridized carbons (Fsp3) is 0.243. The molecule has 0 radical (unpaired) electrons. The SMILES string of the molecule is COc1cc2oc(-c3ccc(C(C)(C)C)cc3)c(C3=C(c4cc(-c5cccs5)sc4-c4cccs4)C(F)(F)C(F)(F)C3(F)F)c2cc1OC. The van der Waals surface area contributed by atoms with E-state index >= 15 is 26.3 Å².